The second-order valence-electron chi connectivity index (χ2n) is 5.94. The van der Waals surface area contributed by atoms with Gasteiger partial charge in [-0.1, -0.05) is 60.7 Å². The maximum atomic E-state index is 5.92. The second kappa shape index (κ2) is 7.80. The molecule has 0 saturated heterocycles. The molecule has 0 amide bonds. The van der Waals surface area contributed by atoms with Gasteiger partial charge in [0, 0.05) is 11.6 Å². The molecule has 23 heavy (non-hydrogen) atoms. The summed E-state index contributed by atoms with van der Waals surface area (Å²) < 4.78 is 5.92. The summed E-state index contributed by atoms with van der Waals surface area (Å²) >= 11 is 0. The van der Waals surface area contributed by atoms with Crippen LogP contribution in [0.2, 0.25) is 0 Å². The normalized spacial score (nSPS) is 12.2. The third kappa shape index (κ3) is 4.57. The average Bonchev–Trinajstić information content (AvgIpc) is 3.09. The first-order valence-electron chi connectivity index (χ1n) is 8.23. The zero-order valence-corrected chi connectivity index (χ0v) is 13.5. The summed E-state index contributed by atoms with van der Waals surface area (Å²) in [7, 11) is 0. The van der Waals surface area contributed by atoms with E-state index in [0.717, 1.165) is 36.5 Å². The Bertz CT molecular complexity index is 703. The van der Waals surface area contributed by atoms with Gasteiger partial charge in [-0.15, -0.1) is 0 Å². The van der Waals surface area contributed by atoms with Gasteiger partial charge >= 0.3 is 0 Å². The summed E-state index contributed by atoms with van der Waals surface area (Å²) in [6.07, 6.45) is 2.22. The molecule has 1 heterocycles. The molecule has 2 heteroatoms. The molecule has 0 aliphatic rings. The Hall–Kier alpha value is -2.32. The molecule has 3 rings (SSSR count). The zero-order chi connectivity index (χ0) is 15.9. The molecule has 1 atom stereocenters. The van der Waals surface area contributed by atoms with Gasteiger partial charge in [0.15, 0.2) is 0 Å². The molecule has 0 spiro atoms. The molecule has 2 nitrogen and oxygen atoms in total. The van der Waals surface area contributed by atoms with Crippen molar-refractivity contribution in [1.82, 2.24) is 5.32 Å². The topological polar surface area (TPSA) is 25.2 Å². The van der Waals surface area contributed by atoms with Crippen LogP contribution in [0, 0.1) is 0 Å². The molecule has 1 unspecified atom stereocenters. The van der Waals surface area contributed by atoms with Gasteiger partial charge in [-0.25, -0.2) is 0 Å². The summed E-state index contributed by atoms with van der Waals surface area (Å²) in [5.41, 5.74) is 2.52. The monoisotopic (exact) mass is 305 g/mol. The van der Waals surface area contributed by atoms with Crippen molar-refractivity contribution in [2.24, 2.45) is 0 Å². The molecule has 0 saturated carbocycles. The number of nitrogens with one attached hydrogen (secondary N) is 1. The van der Waals surface area contributed by atoms with E-state index < -0.39 is 0 Å². The summed E-state index contributed by atoms with van der Waals surface area (Å²) in [5.74, 6) is 1.91. The predicted octanol–water partition coefficient (Wildman–Crippen LogP) is 5.06. The first-order chi connectivity index (χ1) is 11.3. The molecule has 3 aromatic rings. The van der Waals surface area contributed by atoms with Crippen LogP contribution < -0.4 is 5.32 Å². The van der Waals surface area contributed by atoms with Gasteiger partial charge in [-0.3, -0.25) is 0 Å². The van der Waals surface area contributed by atoms with Crippen LogP contribution in [0.5, 0.6) is 0 Å². The summed E-state index contributed by atoms with van der Waals surface area (Å²) in [6.45, 7) is 2.99. The maximum absolute atomic E-state index is 5.92. The number of benzene rings is 2. The van der Waals surface area contributed by atoms with Crippen LogP contribution >= 0.6 is 0 Å². The Morgan fingerprint density at radius 3 is 2.30 bits per heavy atom. The smallest absolute Gasteiger partial charge is 0.134 e. The molecule has 0 radical (unpaired) electrons. The van der Waals surface area contributed by atoms with Gasteiger partial charge in [0.05, 0.1) is 6.54 Å². The predicted molar refractivity (Wildman–Crippen MR) is 95.2 cm³/mol. The molecular weight excluding hydrogens is 282 g/mol. The fraction of sp³-hybridized carbons (Fsp3) is 0.238. The largest absolute Gasteiger partial charge is 0.460 e. The average molecular weight is 305 g/mol. The van der Waals surface area contributed by atoms with Crippen molar-refractivity contribution in [2.75, 3.05) is 0 Å². The Morgan fingerprint density at radius 2 is 1.57 bits per heavy atom. The minimum atomic E-state index is 0.459. The SMILES string of the molecule is CC(CCc1ccccc1)NCc1ccc(-c2ccccc2)o1. The van der Waals surface area contributed by atoms with Crippen molar-refractivity contribution in [3.8, 4) is 11.3 Å². The van der Waals surface area contributed by atoms with Gasteiger partial charge in [0.1, 0.15) is 11.5 Å². The minimum Gasteiger partial charge on any atom is -0.460 e. The molecule has 2 aromatic carbocycles. The highest BCUT2D eigenvalue weighted by Gasteiger charge is 2.06. The molecule has 118 valence electrons. The van der Waals surface area contributed by atoms with E-state index in [1.165, 1.54) is 5.56 Å². The zero-order valence-electron chi connectivity index (χ0n) is 13.5. The molecule has 0 bridgehead atoms. The molecule has 0 fully saturated rings. The molecule has 0 aliphatic heterocycles. The van der Waals surface area contributed by atoms with Gasteiger partial charge in [0.25, 0.3) is 0 Å². The minimum absolute atomic E-state index is 0.459. The number of aryl methyl sites for hydroxylation is 1. The van der Waals surface area contributed by atoms with E-state index in [1.54, 1.807) is 0 Å². The van der Waals surface area contributed by atoms with E-state index in [2.05, 4.69) is 60.8 Å². The van der Waals surface area contributed by atoms with Crippen molar-refractivity contribution in [3.63, 3.8) is 0 Å². The van der Waals surface area contributed by atoms with Crippen LogP contribution in [-0.4, -0.2) is 6.04 Å². The van der Waals surface area contributed by atoms with Crippen molar-refractivity contribution in [3.05, 3.63) is 84.1 Å². The number of hydrogen-bond donors (Lipinski definition) is 1. The number of rotatable bonds is 7. The van der Waals surface area contributed by atoms with Crippen molar-refractivity contribution < 1.29 is 4.42 Å². The van der Waals surface area contributed by atoms with E-state index in [1.807, 2.05) is 24.3 Å². The van der Waals surface area contributed by atoms with Crippen LogP contribution in [0.15, 0.2) is 77.2 Å². The van der Waals surface area contributed by atoms with Crippen LogP contribution in [0.3, 0.4) is 0 Å². The standard InChI is InChI=1S/C21H23NO/c1-17(12-13-18-8-4-2-5-9-18)22-16-20-14-15-21(23-20)19-10-6-3-7-11-19/h2-11,14-15,17,22H,12-13,16H2,1H3. The molecular formula is C21H23NO. The van der Waals surface area contributed by atoms with Crippen molar-refractivity contribution in [2.45, 2.75) is 32.4 Å². The van der Waals surface area contributed by atoms with E-state index in [9.17, 15) is 0 Å². The van der Waals surface area contributed by atoms with E-state index in [0.29, 0.717) is 6.04 Å². The fourth-order valence-electron chi connectivity index (χ4n) is 2.64. The van der Waals surface area contributed by atoms with E-state index >= 15 is 0 Å². The summed E-state index contributed by atoms with van der Waals surface area (Å²) in [6, 6.07) is 25.4. The Labute approximate surface area is 138 Å². The van der Waals surface area contributed by atoms with Gasteiger partial charge in [-0.05, 0) is 37.5 Å². The molecule has 1 N–H and O–H groups in total. The maximum Gasteiger partial charge on any atom is 0.134 e. The quantitative estimate of drug-likeness (QED) is 0.660. The number of furan rings is 1. The molecule has 1 aromatic heterocycles. The van der Waals surface area contributed by atoms with Crippen molar-refractivity contribution >= 4 is 0 Å². The highest BCUT2D eigenvalue weighted by molar-refractivity contribution is 5.57. The van der Waals surface area contributed by atoms with Crippen LogP contribution in [-0.2, 0) is 13.0 Å². The summed E-state index contributed by atoms with van der Waals surface area (Å²) in [5, 5.41) is 3.54. The van der Waals surface area contributed by atoms with Crippen molar-refractivity contribution in [1.29, 1.82) is 0 Å². The first-order valence-corrected chi connectivity index (χ1v) is 8.23. The third-order valence-corrected chi connectivity index (χ3v) is 4.05. The van der Waals surface area contributed by atoms with Gasteiger partial charge in [-0.2, -0.15) is 0 Å². The fourth-order valence-corrected chi connectivity index (χ4v) is 2.64. The lowest BCUT2D eigenvalue weighted by molar-refractivity contribution is 0.449. The van der Waals surface area contributed by atoms with Gasteiger partial charge in [0.2, 0.25) is 0 Å². The van der Waals surface area contributed by atoms with Gasteiger partial charge < -0.3 is 9.73 Å². The second-order valence-corrected chi connectivity index (χ2v) is 5.94. The Morgan fingerprint density at radius 1 is 0.870 bits per heavy atom. The lowest BCUT2D eigenvalue weighted by Crippen LogP contribution is -2.25. The van der Waals surface area contributed by atoms with Crippen LogP contribution in [0.4, 0.5) is 0 Å². The van der Waals surface area contributed by atoms with Crippen LogP contribution in [0.1, 0.15) is 24.7 Å². The Balaban J connectivity index is 1.48. The lowest BCUT2D eigenvalue weighted by atomic mass is 10.1. The highest BCUT2D eigenvalue weighted by Crippen LogP contribution is 2.21. The molecule has 0 aliphatic carbocycles. The number of hydrogen-bond acceptors (Lipinski definition) is 2. The third-order valence-electron chi connectivity index (χ3n) is 4.05. The van der Waals surface area contributed by atoms with E-state index in [-0.39, 0.29) is 0 Å². The lowest BCUT2D eigenvalue weighted by Gasteiger charge is -2.12. The summed E-state index contributed by atoms with van der Waals surface area (Å²) in [4.78, 5) is 0. The van der Waals surface area contributed by atoms with E-state index in [4.69, 9.17) is 4.42 Å². The Kier molecular flexibility index (Phi) is 5.28. The first kappa shape index (κ1) is 15.6. The highest BCUT2D eigenvalue weighted by atomic mass is 16.3. The van der Waals surface area contributed by atoms with Crippen LogP contribution in [0.25, 0.3) is 11.3 Å².